The number of allylic oxidation sites excluding steroid dienone is 1. The number of halogens is 2. The van der Waals surface area contributed by atoms with Crippen molar-refractivity contribution in [2.24, 2.45) is 11.8 Å². The van der Waals surface area contributed by atoms with Crippen LogP contribution in [-0.4, -0.2) is 18.4 Å². The smallest absolute Gasteiger partial charge is 0.229 e. The molecule has 30 heavy (non-hydrogen) atoms. The summed E-state index contributed by atoms with van der Waals surface area (Å²) >= 11 is 11.5. The van der Waals surface area contributed by atoms with Gasteiger partial charge in [0, 0.05) is 28.7 Å². The van der Waals surface area contributed by atoms with Crippen molar-refractivity contribution in [1.82, 2.24) is 5.32 Å². The van der Waals surface area contributed by atoms with E-state index in [1.807, 2.05) is 37.3 Å². The van der Waals surface area contributed by atoms with Gasteiger partial charge in [0.15, 0.2) is 0 Å². The van der Waals surface area contributed by atoms with Crippen LogP contribution in [0.25, 0.3) is 0 Å². The van der Waals surface area contributed by atoms with Gasteiger partial charge in [-0.05, 0) is 55.2 Å². The van der Waals surface area contributed by atoms with E-state index in [1.54, 1.807) is 24.3 Å². The quantitative estimate of drug-likeness (QED) is 0.542. The number of carbonyl (C=O) groups is 2. The molecule has 2 aromatic rings. The molecular weight excluding hydrogens is 419 g/mol. The third-order valence-corrected chi connectivity index (χ3v) is 4.65. The highest BCUT2D eigenvalue weighted by Gasteiger charge is 2.24. The van der Waals surface area contributed by atoms with Gasteiger partial charge in [-0.1, -0.05) is 61.3 Å². The molecule has 1 saturated heterocycles. The van der Waals surface area contributed by atoms with Crippen molar-refractivity contribution < 1.29 is 9.59 Å². The molecule has 0 radical (unpaired) electrons. The summed E-state index contributed by atoms with van der Waals surface area (Å²) in [4.78, 5) is 22.9. The molecule has 1 heterocycles. The SMILES string of the molecule is C=CC(C)C.Cc1cccc(Cl)c1.O=C1CCC(C(=O)Nc2cccc(Cl)c2)CN1. The molecule has 0 bridgehead atoms. The molecule has 1 atom stereocenters. The third kappa shape index (κ3) is 11.0. The van der Waals surface area contributed by atoms with Crippen LogP contribution in [0.1, 0.15) is 32.3 Å². The molecule has 1 fully saturated rings. The summed E-state index contributed by atoms with van der Waals surface area (Å²) in [7, 11) is 0. The Labute approximate surface area is 189 Å². The van der Waals surface area contributed by atoms with Crippen molar-refractivity contribution in [3.8, 4) is 0 Å². The number of anilines is 1. The number of amides is 2. The molecule has 3 rings (SSSR count). The second-order valence-electron chi connectivity index (χ2n) is 7.32. The second kappa shape index (κ2) is 13.8. The van der Waals surface area contributed by atoms with Gasteiger partial charge in [0.25, 0.3) is 0 Å². The molecule has 0 spiro atoms. The highest BCUT2D eigenvalue weighted by Crippen LogP contribution is 2.18. The molecule has 2 amide bonds. The first kappa shape index (κ1) is 25.7. The van der Waals surface area contributed by atoms with E-state index in [1.165, 1.54) is 5.56 Å². The third-order valence-electron chi connectivity index (χ3n) is 4.18. The summed E-state index contributed by atoms with van der Waals surface area (Å²) < 4.78 is 0. The molecule has 0 aromatic heterocycles. The van der Waals surface area contributed by atoms with Gasteiger partial charge in [0.1, 0.15) is 0 Å². The van der Waals surface area contributed by atoms with Crippen molar-refractivity contribution in [3.63, 3.8) is 0 Å². The number of rotatable bonds is 3. The number of nitrogens with one attached hydrogen (secondary N) is 2. The maximum atomic E-state index is 11.9. The first-order valence-corrected chi connectivity index (χ1v) is 10.6. The van der Waals surface area contributed by atoms with E-state index in [4.69, 9.17) is 23.2 Å². The Bertz CT molecular complexity index is 810. The van der Waals surface area contributed by atoms with E-state index in [9.17, 15) is 9.59 Å². The van der Waals surface area contributed by atoms with E-state index >= 15 is 0 Å². The summed E-state index contributed by atoms with van der Waals surface area (Å²) in [6.07, 6.45) is 2.92. The standard InChI is InChI=1S/C12H13ClN2O2.C7H7Cl.C5H10/c13-9-2-1-3-10(6-9)15-12(17)8-4-5-11(16)14-7-8;1-6-3-2-4-7(8)5-6;1-4-5(2)3/h1-3,6,8H,4-5,7H2,(H,14,16)(H,15,17);2-5H,1H3;4-5H,1H2,2-3H3. The Kier molecular flexibility index (Phi) is 11.9. The minimum absolute atomic E-state index is 0.0109. The maximum Gasteiger partial charge on any atom is 0.229 e. The van der Waals surface area contributed by atoms with Crippen LogP contribution in [0.3, 0.4) is 0 Å². The number of carbonyl (C=O) groups excluding carboxylic acids is 2. The summed E-state index contributed by atoms with van der Waals surface area (Å²) in [5, 5.41) is 6.87. The molecule has 1 aliphatic rings. The Hall–Kier alpha value is -2.30. The van der Waals surface area contributed by atoms with E-state index in [0.29, 0.717) is 36.0 Å². The summed E-state index contributed by atoms with van der Waals surface area (Å²) in [5.41, 5.74) is 1.89. The maximum absolute atomic E-state index is 11.9. The van der Waals surface area contributed by atoms with Crippen molar-refractivity contribution in [3.05, 3.63) is 76.8 Å². The van der Waals surface area contributed by atoms with E-state index in [-0.39, 0.29) is 17.7 Å². The van der Waals surface area contributed by atoms with Crippen LogP contribution in [0, 0.1) is 18.8 Å². The first-order chi connectivity index (χ1) is 14.2. The zero-order valence-electron chi connectivity index (χ0n) is 17.8. The van der Waals surface area contributed by atoms with Crippen molar-refractivity contribution in [2.45, 2.75) is 33.6 Å². The van der Waals surface area contributed by atoms with Gasteiger partial charge in [-0.3, -0.25) is 9.59 Å². The number of hydrogen-bond acceptors (Lipinski definition) is 2. The van der Waals surface area contributed by atoms with E-state index in [0.717, 1.165) is 5.02 Å². The monoisotopic (exact) mass is 448 g/mol. The van der Waals surface area contributed by atoms with Gasteiger partial charge in [-0.2, -0.15) is 0 Å². The highest BCUT2D eigenvalue weighted by molar-refractivity contribution is 6.31. The topological polar surface area (TPSA) is 58.2 Å². The molecule has 4 nitrogen and oxygen atoms in total. The van der Waals surface area contributed by atoms with Crippen LogP contribution < -0.4 is 10.6 Å². The molecule has 0 aliphatic carbocycles. The van der Waals surface area contributed by atoms with Gasteiger partial charge in [0.2, 0.25) is 11.8 Å². The number of aryl methyl sites for hydroxylation is 1. The van der Waals surface area contributed by atoms with E-state index < -0.39 is 0 Å². The highest BCUT2D eigenvalue weighted by atomic mass is 35.5. The van der Waals surface area contributed by atoms with Crippen molar-refractivity contribution in [1.29, 1.82) is 0 Å². The molecule has 2 aromatic carbocycles. The first-order valence-electron chi connectivity index (χ1n) is 9.89. The predicted octanol–water partition coefficient (Wildman–Crippen LogP) is 6.28. The van der Waals surface area contributed by atoms with Crippen molar-refractivity contribution in [2.75, 3.05) is 11.9 Å². The van der Waals surface area contributed by atoms with Crippen LogP contribution in [-0.2, 0) is 9.59 Å². The van der Waals surface area contributed by atoms with Crippen molar-refractivity contribution >= 4 is 40.7 Å². The lowest BCUT2D eigenvalue weighted by Crippen LogP contribution is -2.40. The molecule has 162 valence electrons. The summed E-state index contributed by atoms with van der Waals surface area (Å²) in [5.74, 6) is 0.422. The van der Waals surface area contributed by atoms with E-state index in [2.05, 4.69) is 31.1 Å². The Balaban J connectivity index is 0.000000286. The zero-order chi connectivity index (χ0) is 22.5. The second-order valence-corrected chi connectivity index (χ2v) is 8.19. The molecule has 0 saturated carbocycles. The Morgan fingerprint density at radius 3 is 2.20 bits per heavy atom. The molecule has 2 N–H and O–H groups in total. The fourth-order valence-electron chi connectivity index (χ4n) is 2.37. The fraction of sp³-hybridized carbons (Fsp3) is 0.333. The van der Waals surface area contributed by atoms with Crippen LogP contribution in [0.5, 0.6) is 0 Å². The fourth-order valence-corrected chi connectivity index (χ4v) is 2.81. The average Bonchev–Trinajstić information content (AvgIpc) is 2.69. The Morgan fingerprint density at radius 1 is 1.17 bits per heavy atom. The molecule has 1 aliphatic heterocycles. The zero-order valence-corrected chi connectivity index (χ0v) is 19.3. The van der Waals surface area contributed by atoms with Gasteiger partial charge < -0.3 is 10.6 Å². The summed E-state index contributed by atoms with van der Waals surface area (Å²) in [6.45, 7) is 10.2. The van der Waals surface area contributed by atoms with Gasteiger partial charge >= 0.3 is 0 Å². The van der Waals surface area contributed by atoms with Crippen LogP contribution in [0.4, 0.5) is 5.69 Å². The lowest BCUT2D eigenvalue weighted by molar-refractivity contribution is -0.126. The largest absolute Gasteiger partial charge is 0.355 e. The number of hydrogen-bond donors (Lipinski definition) is 2. The van der Waals surface area contributed by atoms with Crippen LogP contribution >= 0.6 is 23.2 Å². The lowest BCUT2D eigenvalue weighted by atomic mass is 9.98. The summed E-state index contributed by atoms with van der Waals surface area (Å²) in [6, 6.07) is 14.8. The average molecular weight is 449 g/mol. The Morgan fingerprint density at radius 2 is 1.77 bits per heavy atom. The lowest BCUT2D eigenvalue weighted by Gasteiger charge is -2.21. The van der Waals surface area contributed by atoms with Gasteiger partial charge in [0.05, 0.1) is 5.92 Å². The van der Waals surface area contributed by atoms with Gasteiger partial charge in [-0.25, -0.2) is 0 Å². The predicted molar refractivity (Wildman–Crippen MR) is 127 cm³/mol. The van der Waals surface area contributed by atoms with Gasteiger partial charge in [-0.15, -0.1) is 6.58 Å². The normalized spacial score (nSPS) is 15.0. The number of piperidine rings is 1. The minimum Gasteiger partial charge on any atom is -0.355 e. The minimum atomic E-state index is -0.160. The van der Waals surface area contributed by atoms with Crippen LogP contribution in [0.15, 0.2) is 61.2 Å². The molecular formula is C24H30Cl2N2O2. The molecule has 1 unspecified atom stereocenters. The molecule has 6 heteroatoms. The number of benzene rings is 2. The van der Waals surface area contributed by atoms with Crippen LogP contribution in [0.2, 0.25) is 10.0 Å².